The number of thiophene rings is 1. The smallest absolute Gasteiger partial charge is 0.248 e. The lowest BCUT2D eigenvalue weighted by atomic mass is 10.00. The van der Waals surface area contributed by atoms with Crippen molar-refractivity contribution in [3.63, 3.8) is 0 Å². The number of halogens is 1. The lowest BCUT2D eigenvalue weighted by molar-refractivity contribution is 0.286. The first-order chi connectivity index (χ1) is 13.0. The molecular weight excluding hydrogens is 406 g/mol. The van der Waals surface area contributed by atoms with E-state index in [2.05, 4.69) is 10.2 Å². The largest absolute Gasteiger partial charge is 0.420 e. The Kier molecular flexibility index (Phi) is 5.07. The summed E-state index contributed by atoms with van der Waals surface area (Å²) in [7, 11) is -3.63. The van der Waals surface area contributed by atoms with Gasteiger partial charge in [-0.2, -0.15) is 15.6 Å². The third-order valence-electron chi connectivity index (χ3n) is 4.78. The molecule has 1 aromatic carbocycles. The maximum absolute atomic E-state index is 13.1. The molecule has 0 saturated carbocycles. The number of hydrogen-bond acceptors (Lipinski definition) is 6. The fourth-order valence-electron chi connectivity index (χ4n) is 3.27. The molecule has 1 saturated heterocycles. The highest BCUT2D eigenvalue weighted by molar-refractivity contribution is 7.89. The van der Waals surface area contributed by atoms with Crippen molar-refractivity contribution >= 4 is 33.0 Å². The predicted molar refractivity (Wildman–Crippen MR) is 105 cm³/mol. The minimum absolute atomic E-state index is 0.118. The van der Waals surface area contributed by atoms with Crippen molar-refractivity contribution < 1.29 is 12.8 Å². The quantitative estimate of drug-likeness (QED) is 0.624. The Labute approximate surface area is 166 Å². The molecule has 3 heterocycles. The number of piperidine rings is 1. The minimum atomic E-state index is -3.63. The first-order valence-electron chi connectivity index (χ1n) is 8.58. The van der Waals surface area contributed by atoms with Gasteiger partial charge >= 0.3 is 0 Å². The topological polar surface area (TPSA) is 76.3 Å². The maximum Gasteiger partial charge on any atom is 0.248 e. The Hall–Kier alpha value is -1.74. The van der Waals surface area contributed by atoms with Crippen LogP contribution in [-0.4, -0.2) is 36.0 Å². The van der Waals surface area contributed by atoms with Crippen molar-refractivity contribution in [2.75, 3.05) is 13.1 Å². The number of sulfonamides is 1. The highest BCUT2D eigenvalue weighted by Gasteiger charge is 2.34. The fraction of sp³-hybridized carbons (Fsp3) is 0.333. The van der Waals surface area contributed by atoms with Crippen LogP contribution in [0.25, 0.3) is 11.5 Å². The molecule has 27 heavy (non-hydrogen) atoms. The van der Waals surface area contributed by atoms with Crippen molar-refractivity contribution in [2.24, 2.45) is 0 Å². The molecule has 1 atom stereocenters. The second kappa shape index (κ2) is 7.35. The number of nitrogens with zero attached hydrogens (tertiary/aromatic N) is 3. The Morgan fingerprint density at radius 1 is 1.30 bits per heavy atom. The van der Waals surface area contributed by atoms with Gasteiger partial charge in [0.25, 0.3) is 0 Å². The Morgan fingerprint density at radius 3 is 2.93 bits per heavy atom. The van der Waals surface area contributed by atoms with Crippen molar-refractivity contribution in [3.8, 4) is 11.5 Å². The summed E-state index contributed by atoms with van der Waals surface area (Å²) in [6.45, 7) is 2.51. The average Bonchev–Trinajstić information content (AvgIpc) is 3.35. The van der Waals surface area contributed by atoms with E-state index in [1.165, 1.54) is 4.31 Å². The van der Waals surface area contributed by atoms with Crippen LogP contribution in [0.3, 0.4) is 0 Å². The van der Waals surface area contributed by atoms with Crippen LogP contribution in [0.1, 0.15) is 30.2 Å². The van der Waals surface area contributed by atoms with Crippen molar-refractivity contribution in [1.82, 2.24) is 14.5 Å². The van der Waals surface area contributed by atoms with Gasteiger partial charge in [0.2, 0.25) is 21.8 Å². The first kappa shape index (κ1) is 18.6. The SMILES string of the molecule is Cc1c(Cl)cccc1S(=O)(=O)N1CCCC(c2nnc(-c3ccsc3)o2)C1. The lowest BCUT2D eigenvalue weighted by Crippen LogP contribution is -2.39. The normalized spacial score (nSPS) is 18.7. The van der Waals surface area contributed by atoms with Gasteiger partial charge in [-0.3, -0.25) is 0 Å². The molecule has 1 fully saturated rings. The molecule has 0 aliphatic carbocycles. The lowest BCUT2D eigenvalue weighted by Gasteiger charge is -2.30. The molecule has 142 valence electrons. The fourth-order valence-corrected chi connectivity index (χ4v) is 5.90. The van der Waals surface area contributed by atoms with Gasteiger partial charge < -0.3 is 4.42 Å². The van der Waals surface area contributed by atoms with E-state index in [9.17, 15) is 8.42 Å². The Bertz CT molecular complexity index is 1050. The van der Waals surface area contributed by atoms with Crippen LogP contribution in [0.2, 0.25) is 5.02 Å². The molecule has 0 bridgehead atoms. The van der Waals surface area contributed by atoms with E-state index < -0.39 is 10.0 Å². The summed E-state index contributed by atoms with van der Waals surface area (Å²) in [5.41, 5.74) is 1.45. The van der Waals surface area contributed by atoms with Gasteiger partial charge in [0, 0.05) is 29.1 Å². The van der Waals surface area contributed by atoms with Crippen LogP contribution in [0, 0.1) is 6.92 Å². The van der Waals surface area contributed by atoms with E-state index >= 15 is 0 Å². The predicted octanol–water partition coefficient (Wildman–Crippen LogP) is 4.33. The van der Waals surface area contributed by atoms with Crippen molar-refractivity contribution in [3.05, 3.63) is 51.5 Å². The second-order valence-electron chi connectivity index (χ2n) is 6.52. The highest BCUT2D eigenvalue weighted by atomic mass is 35.5. The van der Waals surface area contributed by atoms with Gasteiger partial charge in [-0.15, -0.1) is 10.2 Å². The van der Waals surface area contributed by atoms with E-state index in [-0.39, 0.29) is 10.8 Å². The summed E-state index contributed by atoms with van der Waals surface area (Å²) in [5, 5.41) is 12.6. The maximum atomic E-state index is 13.1. The molecule has 6 nitrogen and oxygen atoms in total. The summed E-state index contributed by atoms with van der Waals surface area (Å²) >= 11 is 7.68. The van der Waals surface area contributed by atoms with Gasteiger partial charge in [0.05, 0.1) is 10.8 Å². The first-order valence-corrected chi connectivity index (χ1v) is 11.3. The molecule has 4 rings (SSSR count). The molecular formula is C18H18ClN3O3S2. The van der Waals surface area contributed by atoms with Crippen LogP contribution in [0.4, 0.5) is 0 Å². The molecule has 3 aromatic rings. The highest BCUT2D eigenvalue weighted by Crippen LogP contribution is 2.33. The van der Waals surface area contributed by atoms with Gasteiger partial charge in [-0.1, -0.05) is 17.7 Å². The third kappa shape index (κ3) is 3.54. The number of aromatic nitrogens is 2. The summed E-state index contributed by atoms with van der Waals surface area (Å²) in [5.74, 6) is 0.837. The molecule has 0 spiro atoms. The molecule has 1 aliphatic heterocycles. The number of hydrogen-bond donors (Lipinski definition) is 0. The molecule has 1 aliphatic rings. The van der Waals surface area contributed by atoms with Crippen LogP contribution in [0.5, 0.6) is 0 Å². The average molecular weight is 424 g/mol. The van der Waals surface area contributed by atoms with Gasteiger partial charge in [-0.05, 0) is 48.9 Å². The number of benzene rings is 1. The van der Waals surface area contributed by atoms with Crippen LogP contribution in [-0.2, 0) is 10.0 Å². The second-order valence-corrected chi connectivity index (χ2v) is 9.62. The van der Waals surface area contributed by atoms with E-state index in [1.54, 1.807) is 36.5 Å². The van der Waals surface area contributed by atoms with Gasteiger partial charge in [0.15, 0.2) is 0 Å². The summed E-state index contributed by atoms with van der Waals surface area (Å²) in [4.78, 5) is 0.250. The molecule has 0 radical (unpaired) electrons. The van der Waals surface area contributed by atoms with Gasteiger partial charge in [-0.25, -0.2) is 8.42 Å². The van der Waals surface area contributed by atoms with Crippen LogP contribution >= 0.6 is 22.9 Å². The van der Waals surface area contributed by atoms with E-state index in [0.29, 0.717) is 35.5 Å². The molecule has 1 unspecified atom stereocenters. The Balaban J connectivity index is 1.59. The monoisotopic (exact) mass is 423 g/mol. The zero-order valence-corrected chi connectivity index (χ0v) is 17.0. The minimum Gasteiger partial charge on any atom is -0.420 e. The zero-order valence-electron chi connectivity index (χ0n) is 14.6. The van der Waals surface area contributed by atoms with Crippen molar-refractivity contribution in [2.45, 2.75) is 30.6 Å². The molecule has 0 amide bonds. The summed E-state index contributed by atoms with van der Waals surface area (Å²) in [6, 6.07) is 6.87. The van der Waals surface area contributed by atoms with E-state index in [0.717, 1.165) is 18.4 Å². The molecule has 2 aromatic heterocycles. The van der Waals surface area contributed by atoms with Crippen molar-refractivity contribution in [1.29, 1.82) is 0 Å². The number of rotatable bonds is 4. The molecule has 0 N–H and O–H groups in total. The zero-order chi connectivity index (χ0) is 19.0. The molecule has 9 heteroatoms. The van der Waals surface area contributed by atoms with E-state index in [4.69, 9.17) is 16.0 Å². The van der Waals surface area contributed by atoms with E-state index in [1.807, 2.05) is 16.8 Å². The standard InChI is InChI=1S/C18H18ClN3O3S2/c1-12-15(19)5-2-6-16(12)27(23,24)22-8-3-4-13(10-22)17-20-21-18(25-17)14-7-9-26-11-14/h2,5-7,9,11,13H,3-4,8,10H2,1H3. The Morgan fingerprint density at radius 2 is 2.15 bits per heavy atom. The summed E-state index contributed by atoms with van der Waals surface area (Å²) in [6.07, 6.45) is 1.55. The van der Waals surface area contributed by atoms with Crippen LogP contribution in [0.15, 0.2) is 44.3 Å². The van der Waals surface area contributed by atoms with Gasteiger partial charge in [0.1, 0.15) is 0 Å². The third-order valence-corrected chi connectivity index (χ3v) is 7.88. The van der Waals surface area contributed by atoms with Crippen LogP contribution < -0.4 is 0 Å². The summed E-state index contributed by atoms with van der Waals surface area (Å²) < 4.78 is 33.6.